The molecular weight excluding hydrogens is 428 g/mol. The maximum absolute atomic E-state index is 13.4. The van der Waals surface area contributed by atoms with Gasteiger partial charge in [-0.15, -0.1) is 0 Å². The molecule has 3 aromatic carbocycles. The van der Waals surface area contributed by atoms with Gasteiger partial charge >= 0.3 is 6.09 Å². The van der Waals surface area contributed by atoms with E-state index in [9.17, 15) is 14.7 Å². The summed E-state index contributed by atoms with van der Waals surface area (Å²) in [4.78, 5) is 27.8. The molecule has 0 spiro atoms. The number of nitrogens with one attached hydrogen (secondary N) is 1. The Kier molecular flexibility index (Phi) is 7.81. The van der Waals surface area contributed by atoms with Crippen molar-refractivity contribution < 1.29 is 19.4 Å². The van der Waals surface area contributed by atoms with Gasteiger partial charge in [0.25, 0.3) is 0 Å². The first-order chi connectivity index (χ1) is 16.6. The van der Waals surface area contributed by atoms with Crippen LogP contribution in [-0.4, -0.2) is 41.1 Å². The Morgan fingerprint density at radius 1 is 0.882 bits per heavy atom. The summed E-state index contributed by atoms with van der Waals surface area (Å²) in [6.45, 7) is 1.39. The van der Waals surface area contributed by atoms with E-state index in [2.05, 4.69) is 5.32 Å². The molecule has 4 rings (SSSR count). The number of aromatic hydroxyl groups is 1. The first-order valence-corrected chi connectivity index (χ1v) is 11.7. The molecule has 6 heteroatoms. The topological polar surface area (TPSA) is 78.9 Å². The largest absolute Gasteiger partial charge is 0.508 e. The standard InChI is InChI=1S/C28H30N2O4/c31-25-13-11-23(12-14-25)24-15-17-30(18-16-24)27(32)26(19-21-7-3-1-4-8-21)29-28(33)34-20-22-9-5-2-6-10-22/h1-14,24,26,31H,15-20H2,(H,29,33). The predicted octanol–water partition coefficient (Wildman–Crippen LogP) is 4.64. The Morgan fingerprint density at radius 3 is 2.09 bits per heavy atom. The number of likely N-dealkylation sites (tertiary alicyclic amines) is 1. The van der Waals surface area contributed by atoms with Crippen LogP contribution in [0.1, 0.15) is 35.4 Å². The number of piperidine rings is 1. The fourth-order valence-electron chi connectivity index (χ4n) is 4.36. The van der Waals surface area contributed by atoms with E-state index in [1.54, 1.807) is 12.1 Å². The van der Waals surface area contributed by atoms with Gasteiger partial charge in [-0.1, -0.05) is 72.8 Å². The second-order valence-corrected chi connectivity index (χ2v) is 8.64. The molecule has 1 unspecified atom stereocenters. The van der Waals surface area contributed by atoms with Crippen LogP contribution in [0.2, 0.25) is 0 Å². The van der Waals surface area contributed by atoms with Crippen LogP contribution in [0.3, 0.4) is 0 Å². The third-order valence-corrected chi connectivity index (χ3v) is 6.26. The van der Waals surface area contributed by atoms with Crippen LogP contribution in [0.15, 0.2) is 84.9 Å². The number of carbonyl (C=O) groups is 2. The van der Waals surface area contributed by atoms with Crippen LogP contribution in [0, 0.1) is 0 Å². The lowest BCUT2D eigenvalue weighted by molar-refractivity contribution is -0.134. The lowest BCUT2D eigenvalue weighted by atomic mass is 9.89. The zero-order chi connectivity index (χ0) is 23.8. The summed E-state index contributed by atoms with van der Waals surface area (Å²) in [5.41, 5.74) is 3.04. The summed E-state index contributed by atoms with van der Waals surface area (Å²) in [6.07, 6.45) is 1.48. The Morgan fingerprint density at radius 2 is 1.47 bits per heavy atom. The van der Waals surface area contributed by atoms with Crippen LogP contribution in [0.4, 0.5) is 4.79 Å². The van der Waals surface area contributed by atoms with Crippen molar-refractivity contribution in [2.24, 2.45) is 0 Å². The van der Waals surface area contributed by atoms with Crippen molar-refractivity contribution in [2.75, 3.05) is 13.1 Å². The van der Waals surface area contributed by atoms with Crippen LogP contribution in [-0.2, 0) is 22.6 Å². The van der Waals surface area contributed by atoms with Crippen molar-refractivity contribution >= 4 is 12.0 Å². The van der Waals surface area contributed by atoms with E-state index in [1.807, 2.05) is 77.7 Å². The number of hydrogen-bond acceptors (Lipinski definition) is 4. The highest BCUT2D eigenvalue weighted by molar-refractivity contribution is 5.86. The van der Waals surface area contributed by atoms with Gasteiger partial charge in [0.2, 0.25) is 5.91 Å². The highest BCUT2D eigenvalue weighted by Gasteiger charge is 2.30. The normalized spacial score (nSPS) is 14.9. The molecule has 6 nitrogen and oxygen atoms in total. The SMILES string of the molecule is O=C(NC(Cc1ccccc1)C(=O)N1CCC(c2ccc(O)cc2)CC1)OCc1ccccc1. The number of alkyl carbamates (subject to hydrolysis) is 1. The van der Waals surface area contributed by atoms with Gasteiger partial charge < -0.3 is 20.1 Å². The quantitative estimate of drug-likeness (QED) is 0.541. The van der Waals surface area contributed by atoms with Crippen molar-refractivity contribution in [3.05, 3.63) is 102 Å². The number of rotatable bonds is 7. The molecule has 0 aromatic heterocycles. The number of nitrogens with zero attached hydrogens (tertiary/aromatic N) is 1. The van der Waals surface area contributed by atoms with Crippen molar-refractivity contribution in [1.82, 2.24) is 10.2 Å². The third kappa shape index (κ3) is 6.38. The molecule has 2 amide bonds. The third-order valence-electron chi connectivity index (χ3n) is 6.26. The maximum Gasteiger partial charge on any atom is 0.408 e. The molecule has 2 N–H and O–H groups in total. The predicted molar refractivity (Wildman–Crippen MR) is 130 cm³/mol. The minimum absolute atomic E-state index is 0.0929. The van der Waals surface area contributed by atoms with E-state index in [-0.39, 0.29) is 18.3 Å². The van der Waals surface area contributed by atoms with Gasteiger partial charge in [0.15, 0.2) is 0 Å². The number of benzene rings is 3. The fraction of sp³-hybridized carbons (Fsp3) is 0.286. The van der Waals surface area contributed by atoms with Crippen molar-refractivity contribution in [2.45, 2.75) is 37.8 Å². The molecule has 3 aromatic rings. The van der Waals surface area contributed by atoms with Gasteiger partial charge in [0.1, 0.15) is 18.4 Å². The number of amides is 2. The van der Waals surface area contributed by atoms with Gasteiger partial charge in [-0.25, -0.2) is 4.79 Å². The molecule has 1 aliphatic rings. The van der Waals surface area contributed by atoms with Gasteiger partial charge in [-0.3, -0.25) is 4.79 Å². The second kappa shape index (κ2) is 11.4. The summed E-state index contributed by atoms with van der Waals surface area (Å²) in [5, 5.41) is 12.3. The van der Waals surface area contributed by atoms with Crippen molar-refractivity contribution in [1.29, 1.82) is 0 Å². The first-order valence-electron chi connectivity index (χ1n) is 11.7. The average molecular weight is 459 g/mol. The van der Waals surface area contributed by atoms with E-state index in [4.69, 9.17) is 4.74 Å². The Labute approximate surface area is 200 Å². The van der Waals surface area contributed by atoms with Crippen LogP contribution >= 0.6 is 0 Å². The molecular formula is C28H30N2O4. The Balaban J connectivity index is 1.38. The number of carbonyl (C=O) groups excluding carboxylic acids is 2. The summed E-state index contributed by atoms with van der Waals surface area (Å²) >= 11 is 0. The van der Waals surface area contributed by atoms with Gasteiger partial charge in [-0.05, 0) is 47.6 Å². The average Bonchev–Trinajstić information content (AvgIpc) is 2.88. The van der Waals surface area contributed by atoms with Gasteiger partial charge in [0.05, 0.1) is 0 Å². The molecule has 1 aliphatic heterocycles. The molecule has 0 saturated carbocycles. The molecule has 176 valence electrons. The molecule has 1 atom stereocenters. The Bertz CT molecular complexity index is 1060. The van der Waals surface area contributed by atoms with Crippen LogP contribution in [0.25, 0.3) is 0 Å². The van der Waals surface area contributed by atoms with Crippen molar-refractivity contribution in [3.63, 3.8) is 0 Å². The van der Waals surface area contributed by atoms with Gasteiger partial charge in [0, 0.05) is 19.5 Å². The fourth-order valence-corrected chi connectivity index (χ4v) is 4.36. The molecule has 34 heavy (non-hydrogen) atoms. The molecule has 1 saturated heterocycles. The monoisotopic (exact) mass is 458 g/mol. The van der Waals surface area contributed by atoms with E-state index >= 15 is 0 Å². The van der Waals surface area contributed by atoms with Crippen molar-refractivity contribution in [3.8, 4) is 5.75 Å². The lowest BCUT2D eigenvalue weighted by Crippen LogP contribution is -2.51. The number of hydrogen-bond donors (Lipinski definition) is 2. The number of ether oxygens (including phenoxy) is 1. The number of phenols is 1. The first kappa shape index (κ1) is 23.4. The van der Waals surface area contributed by atoms with Crippen LogP contribution < -0.4 is 5.32 Å². The maximum atomic E-state index is 13.4. The van der Waals surface area contributed by atoms with E-state index in [1.165, 1.54) is 5.56 Å². The summed E-state index contributed by atoms with van der Waals surface area (Å²) in [6, 6.07) is 25.7. The summed E-state index contributed by atoms with van der Waals surface area (Å²) < 4.78 is 5.38. The molecule has 1 heterocycles. The zero-order valence-electron chi connectivity index (χ0n) is 19.1. The molecule has 1 fully saturated rings. The molecule has 0 aliphatic carbocycles. The zero-order valence-corrected chi connectivity index (χ0v) is 19.1. The van der Waals surface area contributed by atoms with E-state index < -0.39 is 12.1 Å². The molecule has 0 bridgehead atoms. The van der Waals surface area contributed by atoms with E-state index in [0.29, 0.717) is 25.4 Å². The minimum Gasteiger partial charge on any atom is -0.508 e. The van der Waals surface area contributed by atoms with Crippen LogP contribution in [0.5, 0.6) is 5.75 Å². The smallest absolute Gasteiger partial charge is 0.408 e. The highest BCUT2D eigenvalue weighted by atomic mass is 16.5. The summed E-state index contributed by atoms with van der Waals surface area (Å²) in [7, 11) is 0. The summed E-state index contributed by atoms with van der Waals surface area (Å²) in [5.74, 6) is 0.510. The Hall–Kier alpha value is -3.80. The minimum atomic E-state index is -0.698. The lowest BCUT2D eigenvalue weighted by Gasteiger charge is -2.34. The van der Waals surface area contributed by atoms with Gasteiger partial charge in [-0.2, -0.15) is 0 Å². The van der Waals surface area contributed by atoms with E-state index in [0.717, 1.165) is 24.0 Å². The number of phenolic OH excluding ortho intramolecular Hbond substituents is 1. The molecule has 0 radical (unpaired) electrons. The highest BCUT2D eigenvalue weighted by Crippen LogP contribution is 2.29. The second-order valence-electron chi connectivity index (χ2n) is 8.64.